The third kappa shape index (κ3) is 2.86. The number of benzene rings is 1. The van der Waals surface area contributed by atoms with Crippen LogP contribution in [-0.4, -0.2) is 37.9 Å². The van der Waals surface area contributed by atoms with E-state index in [0.717, 1.165) is 39.0 Å². The summed E-state index contributed by atoms with van der Waals surface area (Å²) < 4.78 is 20.1. The number of hydrogen-bond donors (Lipinski definition) is 2. The van der Waals surface area contributed by atoms with E-state index in [9.17, 15) is 9.18 Å². The Hall–Kier alpha value is -1.82. The van der Waals surface area contributed by atoms with Crippen molar-refractivity contribution in [2.24, 2.45) is 11.3 Å². The van der Waals surface area contributed by atoms with Crippen LogP contribution in [0, 0.1) is 17.2 Å². The fourth-order valence-corrected chi connectivity index (χ4v) is 4.72. The van der Waals surface area contributed by atoms with Crippen molar-refractivity contribution in [2.75, 3.05) is 29.9 Å². The van der Waals surface area contributed by atoms with Gasteiger partial charge >= 0.3 is 6.03 Å². The number of nitrogens with one attached hydrogen (secondary N) is 2. The van der Waals surface area contributed by atoms with Gasteiger partial charge in [-0.25, -0.2) is 9.18 Å². The zero-order chi connectivity index (χ0) is 17.6. The summed E-state index contributed by atoms with van der Waals surface area (Å²) in [6, 6.07) is 4.74. The van der Waals surface area contributed by atoms with E-state index in [1.807, 2.05) is 0 Å². The molecule has 0 bridgehead atoms. The van der Waals surface area contributed by atoms with E-state index in [1.165, 1.54) is 6.07 Å². The van der Waals surface area contributed by atoms with Crippen LogP contribution in [-0.2, 0) is 4.74 Å². The molecular weight excluding hydrogens is 321 g/mol. The number of anilines is 2. The maximum atomic E-state index is 14.4. The Balaban J connectivity index is 1.39. The molecule has 3 atom stereocenters. The van der Waals surface area contributed by atoms with Gasteiger partial charge in [0.05, 0.1) is 11.8 Å². The van der Waals surface area contributed by atoms with Crippen LogP contribution < -0.4 is 15.5 Å². The van der Waals surface area contributed by atoms with E-state index < -0.39 is 0 Å². The van der Waals surface area contributed by atoms with Crippen molar-refractivity contribution < 1.29 is 13.9 Å². The van der Waals surface area contributed by atoms with E-state index >= 15 is 0 Å². The van der Waals surface area contributed by atoms with Gasteiger partial charge in [0, 0.05) is 42.8 Å². The van der Waals surface area contributed by atoms with Crippen LogP contribution in [0.15, 0.2) is 18.2 Å². The van der Waals surface area contributed by atoms with Crippen molar-refractivity contribution in [2.45, 2.75) is 45.3 Å². The second-order valence-electron chi connectivity index (χ2n) is 8.00. The zero-order valence-electron chi connectivity index (χ0n) is 14.8. The smallest absolute Gasteiger partial charge is 0.319 e. The number of fused-ring (bicyclic) bond motifs is 1. The van der Waals surface area contributed by atoms with Crippen molar-refractivity contribution in [3.63, 3.8) is 0 Å². The monoisotopic (exact) mass is 347 g/mol. The van der Waals surface area contributed by atoms with Crippen molar-refractivity contribution in [3.8, 4) is 0 Å². The second kappa shape index (κ2) is 6.16. The highest BCUT2D eigenvalue weighted by atomic mass is 19.1. The quantitative estimate of drug-likeness (QED) is 0.881. The van der Waals surface area contributed by atoms with Gasteiger partial charge in [0.2, 0.25) is 0 Å². The lowest BCUT2D eigenvalue weighted by atomic mass is 9.57. The Kier molecular flexibility index (Phi) is 4.10. The van der Waals surface area contributed by atoms with Crippen LogP contribution >= 0.6 is 0 Å². The molecule has 3 unspecified atom stereocenters. The summed E-state index contributed by atoms with van der Waals surface area (Å²) >= 11 is 0. The first-order valence-corrected chi connectivity index (χ1v) is 9.20. The second-order valence-corrected chi connectivity index (χ2v) is 8.00. The first kappa shape index (κ1) is 16.6. The van der Waals surface area contributed by atoms with Crippen LogP contribution in [0.3, 0.4) is 0 Å². The van der Waals surface area contributed by atoms with Gasteiger partial charge in [-0.15, -0.1) is 0 Å². The number of carbonyl (C=O) groups is 1. The van der Waals surface area contributed by atoms with E-state index in [0.29, 0.717) is 17.3 Å². The molecule has 3 aliphatic rings. The Morgan fingerprint density at radius 2 is 2.08 bits per heavy atom. The van der Waals surface area contributed by atoms with Crippen molar-refractivity contribution in [3.05, 3.63) is 24.0 Å². The van der Waals surface area contributed by atoms with Crippen LogP contribution in [0.4, 0.5) is 20.6 Å². The largest absolute Gasteiger partial charge is 0.377 e. The number of amides is 2. The standard InChI is InChI=1S/C19H26FN3O2/c1-19(2)16(13-7-10-25-17(13)19)22-18(24)21-12-5-6-15(14(20)11-12)23-8-3-4-9-23/h5-6,11,13,16-17H,3-4,7-10H2,1-2H3,(H2,21,22,24). The molecule has 2 aliphatic heterocycles. The van der Waals surface area contributed by atoms with Crippen LogP contribution in [0.25, 0.3) is 0 Å². The third-order valence-electron chi connectivity index (χ3n) is 6.04. The molecule has 5 nitrogen and oxygen atoms in total. The molecular formula is C19H26FN3O2. The van der Waals surface area contributed by atoms with Gasteiger partial charge < -0.3 is 20.3 Å². The number of rotatable bonds is 3. The van der Waals surface area contributed by atoms with Crippen molar-refractivity contribution >= 4 is 17.4 Å². The molecule has 2 heterocycles. The molecule has 2 saturated heterocycles. The van der Waals surface area contributed by atoms with Gasteiger partial charge in [0.15, 0.2) is 0 Å². The lowest BCUT2D eigenvalue weighted by Crippen LogP contribution is -2.67. The Bertz CT molecular complexity index is 673. The molecule has 136 valence electrons. The first-order chi connectivity index (χ1) is 12.0. The summed E-state index contributed by atoms with van der Waals surface area (Å²) in [7, 11) is 0. The minimum atomic E-state index is -0.284. The summed E-state index contributed by atoms with van der Waals surface area (Å²) in [5.74, 6) is 0.1000. The molecule has 6 heteroatoms. The number of ether oxygens (including phenoxy) is 1. The molecule has 3 fully saturated rings. The lowest BCUT2D eigenvalue weighted by molar-refractivity contribution is -0.107. The fraction of sp³-hybridized carbons (Fsp3) is 0.632. The predicted molar refractivity (Wildman–Crippen MR) is 95.4 cm³/mol. The molecule has 1 aromatic carbocycles. The van der Waals surface area contributed by atoms with E-state index in [1.54, 1.807) is 12.1 Å². The molecule has 25 heavy (non-hydrogen) atoms. The van der Waals surface area contributed by atoms with Gasteiger partial charge in [0.1, 0.15) is 5.82 Å². The van der Waals surface area contributed by atoms with Crippen LogP contribution in [0.1, 0.15) is 33.1 Å². The normalized spacial score (nSPS) is 29.9. The molecule has 1 aromatic rings. The molecule has 4 rings (SSSR count). The fourth-order valence-electron chi connectivity index (χ4n) is 4.72. The number of carbonyl (C=O) groups excluding carboxylic acids is 1. The number of halogens is 1. The van der Waals surface area contributed by atoms with E-state index in [2.05, 4.69) is 29.4 Å². The zero-order valence-corrected chi connectivity index (χ0v) is 14.8. The molecule has 0 aromatic heterocycles. The third-order valence-corrected chi connectivity index (χ3v) is 6.04. The first-order valence-electron chi connectivity index (χ1n) is 9.20. The summed E-state index contributed by atoms with van der Waals surface area (Å²) in [5.41, 5.74) is 1.03. The summed E-state index contributed by atoms with van der Waals surface area (Å²) in [5, 5.41) is 5.82. The van der Waals surface area contributed by atoms with Crippen LogP contribution in [0.5, 0.6) is 0 Å². The maximum Gasteiger partial charge on any atom is 0.319 e. The molecule has 0 spiro atoms. The van der Waals surface area contributed by atoms with Gasteiger partial charge in [0.25, 0.3) is 0 Å². The molecule has 1 aliphatic carbocycles. The van der Waals surface area contributed by atoms with E-state index in [-0.39, 0.29) is 29.4 Å². The average molecular weight is 347 g/mol. The van der Waals surface area contributed by atoms with Gasteiger partial charge in [-0.05, 0) is 37.5 Å². The Morgan fingerprint density at radius 1 is 1.32 bits per heavy atom. The average Bonchev–Trinajstić information content (AvgIpc) is 3.23. The maximum absolute atomic E-state index is 14.4. The van der Waals surface area contributed by atoms with Crippen molar-refractivity contribution in [1.29, 1.82) is 0 Å². The molecule has 2 N–H and O–H groups in total. The lowest BCUT2D eigenvalue weighted by Gasteiger charge is -2.54. The topological polar surface area (TPSA) is 53.6 Å². The van der Waals surface area contributed by atoms with Crippen LogP contribution in [0.2, 0.25) is 0 Å². The number of urea groups is 1. The molecule has 1 saturated carbocycles. The Labute approximate surface area is 147 Å². The molecule has 2 amide bonds. The Morgan fingerprint density at radius 3 is 2.80 bits per heavy atom. The predicted octanol–water partition coefficient (Wildman–Crippen LogP) is 3.36. The van der Waals surface area contributed by atoms with Gasteiger partial charge in [-0.3, -0.25) is 0 Å². The summed E-state index contributed by atoms with van der Waals surface area (Å²) in [6.07, 6.45) is 3.42. The number of hydrogen-bond acceptors (Lipinski definition) is 3. The summed E-state index contributed by atoms with van der Waals surface area (Å²) in [4.78, 5) is 14.4. The summed E-state index contributed by atoms with van der Waals surface area (Å²) in [6.45, 7) is 6.79. The minimum Gasteiger partial charge on any atom is -0.377 e. The number of nitrogens with zero attached hydrogens (tertiary/aromatic N) is 1. The van der Waals surface area contributed by atoms with Gasteiger partial charge in [-0.1, -0.05) is 13.8 Å². The highest BCUT2D eigenvalue weighted by molar-refractivity contribution is 5.90. The van der Waals surface area contributed by atoms with Gasteiger partial charge in [-0.2, -0.15) is 0 Å². The van der Waals surface area contributed by atoms with E-state index in [4.69, 9.17) is 4.74 Å². The highest BCUT2D eigenvalue weighted by Crippen LogP contribution is 2.52. The SMILES string of the molecule is CC1(C)C(NC(=O)Nc2ccc(N3CCCC3)c(F)c2)C2CCOC21. The highest BCUT2D eigenvalue weighted by Gasteiger charge is 2.59. The van der Waals surface area contributed by atoms with Crippen molar-refractivity contribution in [1.82, 2.24) is 5.32 Å². The minimum absolute atomic E-state index is 0.0661. The molecule has 0 radical (unpaired) electrons.